The topological polar surface area (TPSA) is 0 Å². The van der Waals surface area contributed by atoms with Crippen LogP contribution in [0.25, 0.3) is 77.1 Å². The van der Waals surface area contributed by atoms with E-state index in [0.29, 0.717) is 0 Å². The Labute approximate surface area is 208 Å². The van der Waals surface area contributed by atoms with Crippen LogP contribution < -0.4 is 0 Å². The van der Waals surface area contributed by atoms with Crippen LogP contribution in [0, 0.1) is 0 Å². The third-order valence-corrected chi connectivity index (χ3v) is 7.69. The number of hydrogen-bond acceptors (Lipinski definition) is 0. The van der Waals surface area contributed by atoms with Gasteiger partial charge in [-0.1, -0.05) is 109 Å². The first kappa shape index (κ1) is 19.4. The molecule has 0 aromatic heterocycles. The predicted octanol–water partition coefficient (Wildman–Crippen LogP) is 9.91. The second-order valence-corrected chi connectivity index (χ2v) is 9.53. The summed E-state index contributed by atoms with van der Waals surface area (Å²) in [7, 11) is 0. The van der Waals surface area contributed by atoms with Crippen molar-refractivity contribution in [2.24, 2.45) is 0 Å². The van der Waals surface area contributed by atoms with Crippen molar-refractivity contribution in [1.29, 1.82) is 0 Å². The van der Waals surface area contributed by atoms with Gasteiger partial charge in [-0.05, 0) is 100 Å². The SMILES string of the molecule is C1=C=Cc2c(c3ccccc3c3cc(-c4cc5ccccc5c5ccccc45)c4ccccc4c23)C=1. The summed E-state index contributed by atoms with van der Waals surface area (Å²) < 4.78 is 0. The molecule has 0 bridgehead atoms. The zero-order valence-electron chi connectivity index (χ0n) is 19.5. The average Bonchev–Trinajstić information content (AvgIpc) is 2.96. The monoisotopic (exact) mass is 452 g/mol. The minimum absolute atomic E-state index is 1.23. The van der Waals surface area contributed by atoms with Gasteiger partial charge < -0.3 is 0 Å². The van der Waals surface area contributed by atoms with Crippen molar-refractivity contribution in [1.82, 2.24) is 0 Å². The van der Waals surface area contributed by atoms with Crippen molar-refractivity contribution < 1.29 is 0 Å². The fourth-order valence-corrected chi connectivity index (χ4v) is 6.14. The van der Waals surface area contributed by atoms with E-state index in [1.807, 2.05) is 0 Å². The van der Waals surface area contributed by atoms with E-state index in [-0.39, 0.29) is 0 Å². The lowest BCUT2D eigenvalue weighted by Crippen LogP contribution is -1.93. The van der Waals surface area contributed by atoms with Crippen molar-refractivity contribution >= 4 is 66.0 Å². The Bertz CT molecular complexity index is 2160. The number of rotatable bonds is 1. The third kappa shape index (κ3) is 2.60. The summed E-state index contributed by atoms with van der Waals surface area (Å²) in [5.74, 6) is 0. The highest BCUT2D eigenvalue weighted by molar-refractivity contribution is 6.27. The third-order valence-electron chi connectivity index (χ3n) is 7.69. The van der Waals surface area contributed by atoms with Crippen molar-refractivity contribution in [2.45, 2.75) is 0 Å². The van der Waals surface area contributed by atoms with Crippen LogP contribution in [-0.2, 0) is 0 Å². The maximum absolute atomic E-state index is 3.22. The standard InChI is InChI=1S/C36H20/c1-2-12-24-23(11-1)21-33(28-16-5-3-13-25(24)28)34-22-35-29-17-6-4-14-26(29)27-15-7-9-19-31(27)36(35)32-20-10-8-18-30(32)34/h1-6,8,10-22H. The van der Waals surface area contributed by atoms with E-state index in [9.17, 15) is 0 Å². The van der Waals surface area contributed by atoms with Gasteiger partial charge >= 0.3 is 0 Å². The Morgan fingerprint density at radius 3 is 1.61 bits per heavy atom. The quantitative estimate of drug-likeness (QED) is 0.172. The van der Waals surface area contributed by atoms with Gasteiger partial charge in [-0.25, -0.2) is 0 Å². The van der Waals surface area contributed by atoms with Crippen LogP contribution in [0.4, 0.5) is 0 Å². The Morgan fingerprint density at radius 1 is 0.361 bits per heavy atom. The van der Waals surface area contributed by atoms with Crippen molar-refractivity contribution in [3.05, 3.63) is 132 Å². The van der Waals surface area contributed by atoms with Gasteiger partial charge in [0.05, 0.1) is 0 Å². The normalized spacial score (nSPS) is 12.3. The van der Waals surface area contributed by atoms with E-state index in [0.717, 1.165) is 0 Å². The minimum Gasteiger partial charge on any atom is -0.0696 e. The first-order valence-corrected chi connectivity index (χ1v) is 12.4. The van der Waals surface area contributed by atoms with E-state index >= 15 is 0 Å². The molecule has 1 aliphatic rings. The van der Waals surface area contributed by atoms with Gasteiger partial charge in [-0.3, -0.25) is 0 Å². The highest BCUT2D eigenvalue weighted by atomic mass is 14.2. The zero-order chi connectivity index (χ0) is 23.6. The summed E-state index contributed by atoms with van der Waals surface area (Å²) in [6.07, 6.45) is 4.18. The molecule has 164 valence electrons. The van der Waals surface area contributed by atoms with Gasteiger partial charge in [0.15, 0.2) is 0 Å². The maximum Gasteiger partial charge on any atom is -0.000253 e. The summed E-state index contributed by atoms with van der Waals surface area (Å²) in [5.41, 5.74) is 11.4. The van der Waals surface area contributed by atoms with Crippen molar-refractivity contribution in [2.75, 3.05) is 0 Å². The van der Waals surface area contributed by atoms with E-state index in [4.69, 9.17) is 0 Å². The molecule has 0 amide bonds. The van der Waals surface area contributed by atoms with Crippen molar-refractivity contribution in [3.8, 4) is 11.1 Å². The van der Waals surface area contributed by atoms with Crippen molar-refractivity contribution in [3.63, 3.8) is 0 Å². The van der Waals surface area contributed by atoms with Crippen LogP contribution in [-0.4, -0.2) is 0 Å². The van der Waals surface area contributed by atoms with Crippen LogP contribution in [0.15, 0.2) is 121 Å². The van der Waals surface area contributed by atoms with E-state index < -0.39 is 0 Å². The number of fused-ring (bicyclic) bond motifs is 11. The molecule has 0 spiro atoms. The Kier molecular flexibility index (Phi) is 3.95. The van der Waals surface area contributed by atoms with E-state index in [2.05, 4.69) is 133 Å². The molecule has 7 aromatic rings. The van der Waals surface area contributed by atoms with Crippen LogP contribution in [0.1, 0.15) is 11.1 Å². The second kappa shape index (κ2) is 7.32. The average molecular weight is 453 g/mol. The molecule has 7 aromatic carbocycles. The molecule has 0 atom stereocenters. The Hall–Kier alpha value is -4.86. The maximum atomic E-state index is 3.22. The number of benzene rings is 7. The highest BCUT2D eigenvalue weighted by Gasteiger charge is 2.18. The molecule has 0 saturated carbocycles. The molecule has 8 rings (SSSR count). The first-order valence-electron chi connectivity index (χ1n) is 12.4. The van der Waals surface area contributed by atoms with Crippen LogP contribution in [0.5, 0.6) is 0 Å². The molecule has 0 saturated heterocycles. The molecular weight excluding hydrogens is 432 g/mol. The molecule has 0 N–H and O–H groups in total. The lowest BCUT2D eigenvalue weighted by molar-refractivity contribution is 1.70. The molecule has 36 heavy (non-hydrogen) atoms. The van der Waals surface area contributed by atoms with E-state index in [1.165, 1.54) is 76.1 Å². The van der Waals surface area contributed by atoms with Gasteiger partial charge in [0.25, 0.3) is 0 Å². The fraction of sp³-hybridized carbons (Fsp3) is 0. The summed E-state index contributed by atoms with van der Waals surface area (Å²) in [4.78, 5) is 0. The smallest absolute Gasteiger partial charge is 0.000253 e. The molecule has 0 radical (unpaired) electrons. The summed E-state index contributed by atoms with van der Waals surface area (Å²) in [6.45, 7) is 0. The first-order chi connectivity index (χ1) is 17.9. The van der Waals surface area contributed by atoms with E-state index in [1.54, 1.807) is 0 Å². The highest BCUT2D eigenvalue weighted by Crippen LogP contribution is 2.45. The minimum atomic E-state index is 1.23. The molecule has 0 aliphatic heterocycles. The van der Waals surface area contributed by atoms with Gasteiger partial charge in [0.1, 0.15) is 0 Å². The molecule has 0 fully saturated rings. The predicted molar refractivity (Wildman–Crippen MR) is 155 cm³/mol. The largest absolute Gasteiger partial charge is 0.0696 e. The van der Waals surface area contributed by atoms with Crippen LogP contribution >= 0.6 is 0 Å². The Morgan fingerprint density at radius 2 is 0.861 bits per heavy atom. The zero-order valence-corrected chi connectivity index (χ0v) is 19.5. The molecule has 0 heterocycles. The molecular formula is C36H20. The molecule has 0 nitrogen and oxygen atoms in total. The Balaban J connectivity index is 1.63. The number of hydrogen-bond donors (Lipinski definition) is 0. The van der Waals surface area contributed by atoms with Crippen LogP contribution in [0.3, 0.4) is 0 Å². The molecule has 1 aliphatic carbocycles. The van der Waals surface area contributed by atoms with Gasteiger partial charge in [0, 0.05) is 0 Å². The molecule has 0 heteroatoms. The lowest BCUT2D eigenvalue weighted by atomic mass is 9.84. The van der Waals surface area contributed by atoms with Gasteiger partial charge in [-0.2, -0.15) is 0 Å². The van der Waals surface area contributed by atoms with Crippen LogP contribution in [0.2, 0.25) is 0 Å². The summed E-state index contributed by atoms with van der Waals surface area (Å²) >= 11 is 0. The molecule has 0 unspecified atom stereocenters. The summed E-state index contributed by atoms with van der Waals surface area (Å²) in [6, 6.07) is 39.9. The fourth-order valence-electron chi connectivity index (χ4n) is 6.14. The lowest BCUT2D eigenvalue weighted by Gasteiger charge is -2.19. The summed E-state index contributed by atoms with van der Waals surface area (Å²) in [5, 5.41) is 12.8. The van der Waals surface area contributed by atoms with Gasteiger partial charge in [0.2, 0.25) is 0 Å². The second-order valence-electron chi connectivity index (χ2n) is 9.53. The van der Waals surface area contributed by atoms with Gasteiger partial charge in [-0.15, -0.1) is 0 Å².